The fraction of sp³-hybridized carbons (Fsp3) is 0.217. The molecule has 1 aliphatic rings. The summed E-state index contributed by atoms with van der Waals surface area (Å²) in [4.78, 5) is 17.0. The Labute approximate surface area is 179 Å². The number of nitrogens with one attached hydrogen (secondary N) is 2. The van der Waals surface area contributed by atoms with Gasteiger partial charge in [-0.15, -0.1) is 0 Å². The molecule has 2 aromatic heterocycles. The molecule has 1 atom stereocenters. The van der Waals surface area contributed by atoms with E-state index in [4.69, 9.17) is 5.26 Å². The first kappa shape index (κ1) is 20.3. The number of fused-ring (bicyclic) bond motifs is 1. The second-order valence-electron chi connectivity index (χ2n) is 7.55. The molecule has 0 radical (unpaired) electrons. The van der Waals surface area contributed by atoms with E-state index < -0.39 is 6.04 Å². The molecule has 0 bridgehead atoms. The first-order valence-corrected chi connectivity index (χ1v) is 9.81. The van der Waals surface area contributed by atoms with Gasteiger partial charge in [0.15, 0.2) is 5.82 Å². The molecule has 3 aromatic rings. The van der Waals surface area contributed by atoms with E-state index in [0.717, 1.165) is 11.3 Å². The van der Waals surface area contributed by atoms with Gasteiger partial charge in [-0.25, -0.2) is 4.39 Å². The zero-order valence-electron chi connectivity index (χ0n) is 17.6. The van der Waals surface area contributed by atoms with Crippen molar-refractivity contribution in [3.8, 4) is 17.3 Å². The Kier molecular flexibility index (Phi) is 5.03. The average Bonchev–Trinajstić information content (AvgIpc) is 3.25. The predicted octanol–water partition coefficient (Wildman–Crippen LogP) is 4.58. The number of nitriles is 1. The average molecular weight is 416 g/mol. The van der Waals surface area contributed by atoms with Crippen molar-refractivity contribution in [3.63, 3.8) is 0 Å². The van der Waals surface area contributed by atoms with Crippen LogP contribution in [-0.2, 0) is 4.79 Å². The van der Waals surface area contributed by atoms with Crippen LogP contribution in [-0.4, -0.2) is 20.7 Å². The summed E-state index contributed by atoms with van der Waals surface area (Å²) in [5.41, 5.74) is 4.70. The van der Waals surface area contributed by atoms with Crippen LogP contribution in [0.5, 0.6) is 0 Å². The molecule has 0 saturated carbocycles. The second-order valence-corrected chi connectivity index (χ2v) is 7.55. The fourth-order valence-corrected chi connectivity index (χ4v) is 3.78. The minimum absolute atomic E-state index is 0.272. The maximum absolute atomic E-state index is 14.5. The molecule has 156 valence electrons. The topological polar surface area (TPSA) is 95.6 Å². The smallest absolute Gasteiger partial charge is 0.258 e. The van der Waals surface area contributed by atoms with Gasteiger partial charge in [-0.1, -0.05) is 12.1 Å². The van der Waals surface area contributed by atoms with Gasteiger partial charge in [0.25, 0.3) is 5.91 Å². The number of pyridine rings is 1. The summed E-state index contributed by atoms with van der Waals surface area (Å²) in [5.74, 6) is -0.103. The van der Waals surface area contributed by atoms with E-state index in [-0.39, 0.29) is 11.7 Å². The quantitative estimate of drug-likeness (QED) is 0.607. The number of hydrogen-bond acceptors (Lipinski definition) is 5. The van der Waals surface area contributed by atoms with Gasteiger partial charge in [-0.3, -0.25) is 14.5 Å². The Balaban J connectivity index is 1.75. The van der Waals surface area contributed by atoms with Gasteiger partial charge in [0.1, 0.15) is 11.9 Å². The van der Waals surface area contributed by atoms with E-state index in [1.165, 1.54) is 6.07 Å². The normalized spacial score (nSPS) is 15.2. The summed E-state index contributed by atoms with van der Waals surface area (Å²) in [6.07, 6.45) is 1.54. The molecule has 1 unspecified atom stereocenters. The van der Waals surface area contributed by atoms with E-state index in [1.807, 2.05) is 26.0 Å². The molecule has 1 aromatic carbocycles. The van der Waals surface area contributed by atoms with Crippen LogP contribution < -0.4 is 10.6 Å². The molecule has 1 amide bonds. The number of rotatable bonds is 4. The first-order chi connectivity index (χ1) is 14.8. The van der Waals surface area contributed by atoms with E-state index in [2.05, 4.69) is 26.8 Å². The molecule has 4 rings (SSSR count). The number of halogens is 1. The van der Waals surface area contributed by atoms with Gasteiger partial charge in [-0.2, -0.15) is 10.4 Å². The molecule has 1 aliphatic heterocycles. The molecular formula is C23H21FN6O. The van der Waals surface area contributed by atoms with Crippen molar-refractivity contribution in [2.45, 2.75) is 33.7 Å². The molecular weight excluding hydrogens is 395 g/mol. The minimum Gasteiger partial charge on any atom is -0.342 e. The molecule has 0 spiro atoms. The highest BCUT2D eigenvalue weighted by atomic mass is 19.1. The maximum atomic E-state index is 14.5. The number of allylic oxidation sites excluding steroid dienone is 1. The molecule has 0 saturated heterocycles. The van der Waals surface area contributed by atoms with Crippen LogP contribution in [0.3, 0.4) is 0 Å². The lowest BCUT2D eigenvalue weighted by Gasteiger charge is -2.10. The monoisotopic (exact) mass is 416 g/mol. The third-order valence-electron chi connectivity index (χ3n) is 5.29. The van der Waals surface area contributed by atoms with E-state index in [1.54, 1.807) is 36.9 Å². The third kappa shape index (κ3) is 3.55. The van der Waals surface area contributed by atoms with Crippen molar-refractivity contribution in [1.82, 2.24) is 14.8 Å². The molecule has 0 aliphatic carbocycles. The number of benzene rings is 1. The summed E-state index contributed by atoms with van der Waals surface area (Å²) < 4.78 is 16.1. The molecule has 8 heteroatoms. The maximum Gasteiger partial charge on any atom is 0.258 e. The number of carbonyl (C=O) groups is 1. The fourth-order valence-electron chi connectivity index (χ4n) is 3.78. The van der Waals surface area contributed by atoms with Gasteiger partial charge in [0.2, 0.25) is 0 Å². The number of amides is 1. The summed E-state index contributed by atoms with van der Waals surface area (Å²) >= 11 is 0. The number of anilines is 2. The molecule has 31 heavy (non-hydrogen) atoms. The van der Waals surface area contributed by atoms with Crippen molar-refractivity contribution in [3.05, 3.63) is 64.9 Å². The zero-order chi connectivity index (χ0) is 22.3. The Morgan fingerprint density at radius 2 is 2.10 bits per heavy atom. The van der Waals surface area contributed by atoms with Crippen LogP contribution >= 0.6 is 0 Å². The SMILES string of the molecule is C/C(Nc1cc(C)n(C(C)C#N)n1)=C1/C(=O)Nc2cnc(-c3c(C)cccc3F)cc21. The number of aryl methyl sites for hydroxylation is 2. The third-order valence-corrected chi connectivity index (χ3v) is 5.29. The van der Waals surface area contributed by atoms with Crippen molar-refractivity contribution >= 4 is 23.0 Å². The zero-order valence-corrected chi connectivity index (χ0v) is 17.6. The van der Waals surface area contributed by atoms with Gasteiger partial charge in [0, 0.05) is 28.6 Å². The first-order valence-electron chi connectivity index (χ1n) is 9.81. The van der Waals surface area contributed by atoms with Crippen LogP contribution in [0.15, 0.2) is 42.2 Å². The number of carbonyl (C=O) groups excluding carboxylic acids is 1. The highest BCUT2D eigenvalue weighted by molar-refractivity contribution is 6.32. The summed E-state index contributed by atoms with van der Waals surface area (Å²) in [7, 11) is 0. The standard InChI is InChI=1S/C23H21FN6O/c1-12-6-5-7-17(24)21(12)18-9-16-19(11-26-18)28-23(31)22(16)15(4)27-20-8-13(2)30(29-20)14(3)10-25/h5-9,11,14H,1-4H3,(H,27,29)(H,28,31)/b22-15-. The summed E-state index contributed by atoms with van der Waals surface area (Å²) in [6.45, 7) is 7.22. The van der Waals surface area contributed by atoms with Crippen LogP contribution in [0.1, 0.15) is 36.7 Å². The van der Waals surface area contributed by atoms with Crippen molar-refractivity contribution < 1.29 is 9.18 Å². The van der Waals surface area contributed by atoms with E-state index in [0.29, 0.717) is 39.6 Å². The number of aromatic nitrogens is 3. The molecule has 7 nitrogen and oxygen atoms in total. The molecule has 0 fully saturated rings. The van der Waals surface area contributed by atoms with Crippen LogP contribution in [0.4, 0.5) is 15.9 Å². The van der Waals surface area contributed by atoms with Crippen LogP contribution in [0, 0.1) is 31.0 Å². The Hall–Kier alpha value is -3.99. The van der Waals surface area contributed by atoms with Crippen molar-refractivity contribution in [2.75, 3.05) is 10.6 Å². The second kappa shape index (κ2) is 7.69. The molecule has 2 N–H and O–H groups in total. The highest BCUT2D eigenvalue weighted by Crippen LogP contribution is 2.37. The van der Waals surface area contributed by atoms with Gasteiger partial charge < -0.3 is 10.6 Å². The summed E-state index contributed by atoms with van der Waals surface area (Å²) in [5, 5.41) is 19.5. The Bertz CT molecular complexity index is 1260. The Morgan fingerprint density at radius 3 is 2.81 bits per heavy atom. The minimum atomic E-state index is -0.406. The molecule has 3 heterocycles. The van der Waals surface area contributed by atoms with Crippen LogP contribution in [0.2, 0.25) is 0 Å². The lowest BCUT2D eigenvalue weighted by Crippen LogP contribution is -2.10. The van der Waals surface area contributed by atoms with Crippen molar-refractivity contribution in [1.29, 1.82) is 5.26 Å². The van der Waals surface area contributed by atoms with Crippen molar-refractivity contribution in [2.24, 2.45) is 0 Å². The van der Waals surface area contributed by atoms with E-state index >= 15 is 0 Å². The lowest BCUT2D eigenvalue weighted by molar-refractivity contribution is -0.110. The van der Waals surface area contributed by atoms with E-state index in [9.17, 15) is 9.18 Å². The van der Waals surface area contributed by atoms with Crippen LogP contribution in [0.25, 0.3) is 16.8 Å². The number of hydrogen-bond donors (Lipinski definition) is 2. The largest absolute Gasteiger partial charge is 0.342 e. The Morgan fingerprint density at radius 1 is 1.32 bits per heavy atom. The van der Waals surface area contributed by atoms with Gasteiger partial charge >= 0.3 is 0 Å². The summed E-state index contributed by atoms with van der Waals surface area (Å²) in [6, 6.07) is 10.2. The predicted molar refractivity (Wildman–Crippen MR) is 117 cm³/mol. The number of nitrogens with zero attached hydrogens (tertiary/aromatic N) is 4. The van der Waals surface area contributed by atoms with Gasteiger partial charge in [0.05, 0.1) is 29.2 Å². The highest BCUT2D eigenvalue weighted by Gasteiger charge is 2.28. The van der Waals surface area contributed by atoms with Gasteiger partial charge in [-0.05, 0) is 45.4 Å². The lowest BCUT2D eigenvalue weighted by atomic mass is 10.00.